The molecule has 0 aromatic heterocycles. The smallest absolute Gasteiger partial charge is 0.407 e. The number of carbonyl (C=O) groups excluding carboxylic acids is 1. The SMILES string of the molecule is C=CC=CCNC(=O)OCCCC. The molecule has 0 unspecified atom stereocenters. The molecule has 0 spiro atoms. The van der Waals surface area contributed by atoms with Crippen LogP contribution in [0.25, 0.3) is 0 Å². The maximum absolute atomic E-state index is 10.9. The van der Waals surface area contributed by atoms with Gasteiger partial charge in [-0.1, -0.05) is 38.2 Å². The van der Waals surface area contributed by atoms with Gasteiger partial charge in [0.1, 0.15) is 0 Å². The minimum atomic E-state index is -0.359. The highest BCUT2D eigenvalue weighted by molar-refractivity contribution is 5.67. The zero-order valence-corrected chi connectivity index (χ0v) is 8.08. The summed E-state index contributed by atoms with van der Waals surface area (Å²) < 4.78 is 4.85. The van der Waals surface area contributed by atoms with E-state index in [1.54, 1.807) is 18.2 Å². The van der Waals surface area contributed by atoms with Gasteiger partial charge < -0.3 is 10.1 Å². The molecule has 1 N–H and O–H groups in total. The van der Waals surface area contributed by atoms with Gasteiger partial charge in [-0.3, -0.25) is 0 Å². The van der Waals surface area contributed by atoms with Gasteiger partial charge in [0.2, 0.25) is 0 Å². The van der Waals surface area contributed by atoms with Crippen molar-refractivity contribution in [2.24, 2.45) is 0 Å². The summed E-state index contributed by atoms with van der Waals surface area (Å²) in [6, 6.07) is 0. The van der Waals surface area contributed by atoms with Crippen LogP contribution in [0, 0.1) is 0 Å². The van der Waals surface area contributed by atoms with Crippen LogP contribution < -0.4 is 5.32 Å². The van der Waals surface area contributed by atoms with Crippen LogP contribution in [0.15, 0.2) is 24.8 Å². The van der Waals surface area contributed by atoms with Gasteiger partial charge >= 0.3 is 6.09 Å². The van der Waals surface area contributed by atoms with E-state index in [1.807, 2.05) is 6.92 Å². The Hall–Kier alpha value is -1.25. The van der Waals surface area contributed by atoms with Gasteiger partial charge in [0.05, 0.1) is 6.61 Å². The summed E-state index contributed by atoms with van der Waals surface area (Å²) in [5, 5.41) is 2.58. The van der Waals surface area contributed by atoms with E-state index in [0.717, 1.165) is 12.8 Å². The molecule has 3 heteroatoms. The zero-order valence-electron chi connectivity index (χ0n) is 8.08. The molecule has 13 heavy (non-hydrogen) atoms. The highest BCUT2D eigenvalue weighted by atomic mass is 16.5. The van der Waals surface area contributed by atoms with Crippen LogP contribution >= 0.6 is 0 Å². The lowest BCUT2D eigenvalue weighted by atomic mass is 10.4. The quantitative estimate of drug-likeness (QED) is 0.506. The van der Waals surface area contributed by atoms with Crippen molar-refractivity contribution < 1.29 is 9.53 Å². The number of hydrogen-bond acceptors (Lipinski definition) is 2. The molecule has 0 radical (unpaired) electrons. The highest BCUT2D eigenvalue weighted by Gasteiger charge is 1.96. The summed E-state index contributed by atoms with van der Waals surface area (Å²) in [6.07, 6.45) is 6.81. The molecule has 0 fully saturated rings. The molecule has 0 atom stereocenters. The predicted molar refractivity (Wildman–Crippen MR) is 53.6 cm³/mol. The summed E-state index contributed by atoms with van der Waals surface area (Å²) in [5.74, 6) is 0. The standard InChI is InChI=1S/C10H17NO2/c1-3-5-7-8-11-10(12)13-9-6-4-2/h3,5,7H,1,4,6,8-9H2,2H3,(H,11,12). The van der Waals surface area contributed by atoms with E-state index in [4.69, 9.17) is 4.74 Å². The molecule has 0 heterocycles. The Morgan fingerprint density at radius 3 is 3.00 bits per heavy atom. The second kappa shape index (κ2) is 8.84. The first-order chi connectivity index (χ1) is 6.31. The van der Waals surface area contributed by atoms with Crippen LogP contribution in [0.4, 0.5) is 4.79 Å². The summed E-state index contributed by atoms with van der Waals surface area (Å²) in [7, 11) is 0. The third-order valence-corrected chi connectivity index (χ3v) is 1.37. The van der Waals surface area contributed by atoms with E-state index >= 15 is 0 Å². The number of ether oxygens (including phenoxy) is 1. The first kappa shape index (κ1) is 11.8. The Balaban J connectivity index is 3.29. The molecule has 0 saturated heterocycles. The lowest BCUT2D eigenvalue weighted by Gasteiger charge is -2.03. The molecule has 74 valence electrons. The van der Waals surface area contributed by atoms with Crippen LogP contribution in [0.3, 0.4) is 0 Å². The number of hydrogen-bond donors (Lipinski definition) is 1. The Morgan fingerprint density at radius 1 is 1.62 bits per heavy atom. The molecule has 0 saturated carbocycles. The van der Waals surface area contributed by atoms with Crippen molar-refractivity contribution in [3.05, 3.63) is 24.8 Å². The van der Waals surface area contributed by atoms with Crippen LogP contribution in [-0.2, 0) is 4.74 Å². The maximum atomic E-state index is 10.9. The first-order valence-corrected chi connectivity index (χ1v) is 4.49. The van der Waals surface area contributed by atoms with Gasteiger partial charge in [0.25, 0.3) is 0 Å². The van der Waals surface area contributed by atoms with E-state index in [-0.39, 0.29) is 6.09 Å². The maximum Gasteiger partial charge on any atom is 0.407 e. The van der Waals surface area contributed by atoms with Gasteiger partial charge in [-0.2, -0.15) is 0 Å². The van der Waals surface area contributed by atoms with Crippen molar-refractivity contribution in [2.75, 3.05) is 13.2 Å². The second-order valence-corrected chi connectivity index (χ2v) is 2.53. The Bertz CT molecular complexity index is 176. The van der Waals surface area contributed by atoms with Crippen LogP contribution in [0.5, 0.6) is 0 Å². The minimum Gasteiger partial charge on any atom is -0.450 e. The average Bonchev–Trinajstić information content (AvgIpc) is 2.13. The van der Waals surface area contributed by atoms with Crippen LogP contribution in [-0.4, -0.2) is 19.2 Å². The van der Waals surface area contributed by atoms with E-state index in [0.29, 0.717) is 13.2 Å². The molecule has 0 aliphatic carbocycles. The number of unbranched alkanes of at least 4 members (excludes halogenated alkanes) is 1. The number of carbonyl (C=O) groups is 1. The van der Waals surface area contributed by atoms with Gasteiger partial charge in [0.15, 0.2) is 0 Å². The number of nitrogens with one attached hydrogen (secondary N) is 1. The summed E-state index contributed by atoms with van der Waals surface area (Å²) >= 11 is 0. The lowest BCUT2D eigenvalue weighted by Crippen LogP contribution is -2.24. The van der Waals surface area contributed by atoms with E-state index in [1.165, 1.54) is 0 Å². The highest BCUT2D eigenvalue weighted by Crippen LogP contribution is 1.87. The normalized spacial score (nSPS) is 9.92. The molecular formula is C10H17NO2. The second-order valence-electron chi connectivity index (χ2n) is 2.53. The minimum absolute atomic E-state index is 0.359. The predicted octanol–water partition coefficient (Wildman–Crippen LogP) is 2.25. The monoisotopic (exact) mass is 183 g/mol. The average molecular weight is 183 g/mol. The summed E-state index contributed by atoms with van der Waals surface area (Å²) in [6.45, 7) is 6.53. The van der Waals surface area contributed by atoms with Gasteiger partial charge in [0, 0.05) is 6.54 Å². The van der Waals surface area contributed by atoms with E-state index in [9.17, 15) is 4.79 Å². The number of alkyl carbamates (subject to hydrolysis) is 1. The topological polar surface area (TPSA) is 38.3 Å². The van der Waals surface area contributed by atoms with Gasteiger partial charge in [-0.25, -0.2) is 4.79 Å². The Labute approximate surface area is 79.5 Å². The van der Waals surface area contributed by atoms with Crippen molar-refractivity contribution in [3.63, 3.8) is 0 Å². The largest absolute Gasteiger partial charge is 0.450 e. The number of amides is 1. The Kier molecular flexibility index (Phi) is 7.99. The first-order valence-electron chi connectivity index (χ1n) is 4.49. The molecule has 0 aromatic rings. The molecular weight excluding hydrogens is 166 g/mol. The molecule has 0 aliphatic rings. The lowest BCUT2D eigenvalue weighted by molar-refractivity contribution is 0.145. The van der Waals surface area contributed by atoms with Crippen molar-refractivity contribution in [1.29, 1.82) is 0 Å². The van der Waals surface area contributed by atoms with Crippen molar-refractivity contribution in [1.82, 2.24) is 5.32 Å². The van der Waals surface area contributed by atoms with Crippen molar-refractivity contribution in [2.45, 2.75) is 19.8 Å². The fraction of sp³-hybridized carbons (Fsp3) is 0.500. The van der Waals surface area contributed by atoms with Crippen LogP contribution in [0.2, 0.25) is 0 Å². The molecule has 0 aromatic carbocycles. The van der Waals surface area contributed by atoms with E-state index < -0.39 is 0 Å². The molecule has 0 rings (SSSR count). The van der Waals surface area contributed by atoms with Gasteiger partial charge in [-0.05, 0) is 6.42 Å². The van der Waals surface area contributed by atoms with Crippen LogP contribution in [0.1, 0.15) is 19.8 Å². The fourth-order valence-electron chi connectivity index (χ4n) is 0.667. The molecule has 3 nitrogen and oxygen atoms in total. The van der Waals surface area contributed by atoms with Gasteiger partial charge in [-0.15, -0.1) is 0 Å². The van der Waals surface area contributed by atoms with E-state index in [2.05, 4.69) is 11.9 Å². The molecule has 1 amide bonds. The fourth-order valence-corrected chi connectivity index (χ4v) is 0.667. The third kappa shape index (κ3) is 8.66. The Morgan fingerprint density at radius 2 is 2.38 bits per heavy atom. The van der Waals surface area contributed by atoms with Crippen molar-refractivity contribution >= 4 is 6.09 Å². The summed E-state index contributed by atoms with van der Waals surface area (Å²) in [4.78, 5) is 10.9. The zero-order chi connectivity index (χ0) is 9.94. The summed E-state index contributed by atoms with van der Waals surface area (Å²) in [5.41, 5.74) is 0. The molecule has 0 bridgehead atoms. The van der Waals surface area contributed by atoms with Crippen molar-refractivity contribution in [3.8, 4) is 0 Å². The number of allylic oxidation sites excluding steroid dienone is 2. The number of rotatable bonds is 6. The molecule has 0 aliphatic heterocycles. The third-order valence-electron chi connectivity index (χ3n) is 1.37.